The highest BCUT2D eigenvalue weighted by atomic mass is 16.4. The molecule has 2 rings (SSSR count). The molecular formula is C16H20N2O2. The molecule has 4 heteroatoms. The molecular weight excluding hydrogens is 252 g/mol. The molecule has 0 saturated heterocycles. The van der Waals surface area contributed by atoms with Crippen LogP contribution >= 0.6 is 0 Å². The number of carbonyl (C=O) groups is 1. The first-order valence-corrected chi connectivity index (χ1v) is 7.05. The normalized spacial score (nSPS) is 10.7. The Morgan fingerprint density at radius 1 is 1.20 bits per heavy atom. The number of aryl methyl sites for hydroxylation is 2. The molecule has 0 aliphatic carbocycles. The number of nitrogens with zero attached hydrogens (tertiary/aromatic N) is 2. The Balaban J connectivity index is 2.37. The summed E-state index contributed by atoms with van der Waals surface area (Å²) in [6.45, 7) is 4.92. The van der Waals surface area contributed by atoms with Gasteiger partial charge in [0.25, 0.3) is 0 Å². The van der Waals surface area contributed by atoms with Gasteiger partial charge >= 0.3 is 5.97 Å². The zero-order chi connectivity index (χ0) is 14.5. The van der Waals surface area contributed by atoms with Crippen LogP contribution in [0.25, 0.3) is 11.3 Å². The van der Waals surface area contributed by atoms with Crippen molar-refractivity contribution in [1.29, 1.82) is 0 Å². The summed E-state index contributed by atoms with van der Waals surface area (Å²) in [5.74, 6) is -0.931. The van der Waals surface area contributed by atoms with Gasteiger partial charge in [0.15, 0.2) is 0 Å². The lowest BCUT2D eigenvalue weighted by molar-refractivity contribution is 0.0697. The second kappa shape index (κ2) is 6.37. The van der Waals surface area contributed by atoms with E-state index in [0.717, 1.165) is 31.4 Å². The molecule has 0 atom stereocenters. The van der Waals surface area contributed by atoms with E-state index in [-0.39, 0.29) is 5.56 Å². The predicted octanol–water partition coefficient (Wildman–Crippen LogP) is 3.61. The molecule has 0 spiro atoms. The van der Waals surface area contributed by atoms with Crippen molar-refractivity contribution < 1.29 is 9.90 Å². The van der Waals surface area contributed by atoms with Crippen molar-refractivity contribution in [3.63, 3.8) is 0 Å². The molecule has 20 heavy (non-hydrogen) atoms. The van der Waals surface area contributed by atoms with Crippen LogP contribution < -0.4 is 0 Å². The molecule has 0 amide bonds. The van der Waals surface area contributed by atoms with E-state index < -0.39 is 5.97 Å². The van der Waals surface area contributed by atoms with E-state index in [1.54, 1.807) is 10.9 Å². The van der Waals surface area contributed by atoms with Gasteiger partial charge in [-0.1, -0.05) is 44.5 Å². The molecule has 0 saturated carbocycles. The van der Waals surface area contributed by atoms with Crippen LogP contribution in [0.1, 0.15) is 42.6 Å². The summed E-state index contributed by atoms with van der Waals surface area (Å²) in [5, 5.41) is 13.7. The van der Waals surface area contributed by atoms with Gasteiger partial charge in [-0.15, -0.1) is 0 Å². The van der Waals surface area contributed by atoms with Gasteiger partial charge in [-0.2, -0.15) is 5.10 Å². The number of rotatable bonds is 6. The van der Waals surface area contributed by atoms with Crippen LogP contribution in [0.5, 0.6) is 0 Å². The highest BCUT2D eigenvalue weighted by Gasteiger charge is 2.16. The molecule has 1 aromatic heterocycles. The smallest absolute Gasteiger partial charge is 0.339 e. The van der Waals surface area contributed by atoms with Crippen molar-refractivity contribution in [2.75, 3.05) is 0 Å². The van der Waals surface area contributed by atoms with Crippen molar-refractivity contribution in [3.05, 3.63) is 41.6 Å². The lowest BCUT2D eigenvalue weighted by Crippen LogP contribution is -1.97. The minimum atomic E-state index is -0.931. The van der Waals surface area contributed by atoms with Gasteiger partial charge in [0.1, 0.15) is 11.3 Å². The van der Waals surface area contributed by atoms with Crippen LogP contribution in [0.3, 0.4) is 0 Å². The van der Waals surface area contributed by atoms with E-state index in [0.29, 0.717) is 5.69 Å². The standard InChI is InChI=1S/C16H20N2O2/c1-3-5-12-6-8-13(9-7-12)15-14(16(19)20)11-18(17-15)10-4-2/h6-9,11H,3-5,10H2,1-2H3,(H,19,20). The van der Waals surface area contributed by atoms with Gasteiger partial charge in [-0.05, 0) is 18.4 Å². The second-order valence-corrected chi connectivity index (χ2v) is 4.91. The third kappa shape index (κ3) is 3.07. The maximum atomic E-state index is 11.3. The number of hydrogen-bond acceptors (Lipinski definition) is 2. The van der Waals surface area contributed by atoms with Gasteiger partial charge in [0.2, 0.25) is 0 Å². The van der Waals surface area contributed by atoms with Gasteiger partial charge < -0.3 is 5.11 Å². The van der Waals surface area contributed by atoms with Crippen molar-refractivity contribution in [2.24, 2.45) is 0 Å². The van der Waals surface area contributed by atoms with Crippen molar-refractivity contribution in [3.8, 4) is 11.3 Å². The highest BCUT2D eigenvalue weighted by Crippen LogP contribution is 2.23. The molecule has 1 heterocycles. The zero-order valence-electron chi connectivity index (χ0n) is 12.0. The number of carboxylic acids is 1. The maximum Gasteiger partial charge on any atom is 0.339 e. The second-order valence-electron chi connectivity index (χ2n) is 4.91. The monoisotopic (exact) mass is 272 g/mol. The first kappa shape index (κ1) is 14.3. The minimum Gasteiger partial charge on any atom is -0.478 e. The molecule has 1 N–H and O–H groups in total. The van der Waals surface area contributed by atoms with Crippen LogP contribution in [-0.4, -0.2) is 20.9 Å². The van der Waals surface area contributed by atoms with Crippen LogP contribution in [0, 0.1) is 0 Å². The van der Waals surface area contributed by atoms with E-state index >= 15 is 0 Å². The lowest BCUT2D eigenvalue weighted by atomic mass is 10.0. The summed E-state index contributed by atoms with van der Waals surface area (Å²) in [4.78, 5) is 11.3. The Bertz CT molecular complexity index is 585. The summed E-state index contributed by atoms with van der Waals surface area (Å²) in [5.41, 5.74) is 2.94. The lowest BCUT2D eigenvalue weighted by Gasteiger charge is -2.02. The topological polar surface area (TPSA) is 55.1 Å². The molecule has 2 aromatic rings. The van der Waals surface area contributed by atoms with E-state index in [4.69, 9.17) is 0 Å². The summed E-state index contributed by atoms with van der Waals surface area (Å²) in [7, 11) is 0. The van der Waals surface area contributed by atoms with Gasteiger partial charge in [0.05, 0.1) is 0 Å². The Hall–Kier alpha value is -2.10. The number of aromatic nitrogens is 2. The molecule has 0 bridgehead atoms. The fourth-order valence-corrected chi connectivity index (χ4v) is 2.25. The molecule has 0 unspecified atom stereocenters. The fraction of sp³-hybridized carbons (Fsp3) is 0.375. The summed E-state index contributed by atoms with van der Waals surface area (Å²) >= 11 is 0. The van der Waals surface area contributed by atoms with Crippen LogP contribution in [0.15, 0.2) is 30.5 Å². The number of hydrogen-bond donors (Lipinski definition) is 1. The SMILES string of the molecule is CCCc1ccc(-c2nn(CCC)cc2C(=O)O)cc1. The third-order valence-corrected chi connectivity index (χ3v) is 3.21. The molecule has 4 nitrogen and oxygen atoms in total. The van der Waals surface area contributed by atoms with Crippen LogP contribution in [0.4, 0.5) is 0 Å². The molecule has 0 fully saturated rings. The zero-order valence-corrected chi connectivity index (χ0v) is 12.0. The average Bonchev–Trinajstić information content (AvgIpc) is 2.85. The molecule has 0 aliphatic heterocycles. The van der Waals surface area contributed by atoms with Crippen molar-refractivity contribution in [2.45, 2.75) is 39.7 Å². The molecule has 106 valence electrons. The predicted molar refractivity (Wildman–Crippen MR) is 78.9 cm³/mol. The average molecular weight is 272 g/mol. The van der Waals surface area contributed by atoms with E-state index in [9.17, 15) is 9.90 Å². The number of benzene rings is 1. The summed E-state index contributed by atoms with van der Waals surface area (Å²) < 4.78 is 1.71. The van der Waals surface area contributed by atoms with Crippen LogP contribution in [0.2, 0.25) is 0 Å². The van der Waals surface area contributed by atoms with Crippen LogP contribution in [-0.2, 0) is 13.0 Å². The van der Waals surface area contributed by atoms with Gasteiger partial charge in [0, 0.05) is 18.3 Å². The van der Waals surface area contributed by atoms with E-state index in [1.165, 1.54) is 5.56 Å². The maximum absolute atomic E-state index is 11.3. The molecule has 1 aromatic carbocycles. The van der Waals surface area contributed by atoms with Gasteiger partial charge in [-0.25, -0.2) is 4.79 Å². The Labute approximate surface area is 119 Å². The van der Waals surface area contributed by atoms with Gasteiger partial charge in [-0.3, -0.25) is 4.68 Å². The summed E-state index contributed by atoms with van der Waals surface area (Å²) in [6.07, 6.45) is 4.68. The quantitative estimate of drug-likeness (QED) is 0.874. The number of carboxylic acid groups (broad SMARTS) is 1. The Morgan fingerprint density at radius 3 is 2.45 bits per heavy atom. The molecule has 0 radical (unpaired) electrons. The highest BCUT2D eigenvalue weighted by molar-refractivity contribution is 5.94. The molecule has 0 aliphatic rings. The van der Waals surface area contributed by atoms with Crippen molar-refractivity contribution >= 4 is 5.97 Å². The fourth-order valence-electron chi connectivity index (χ4n) is 2.25. The third-order valence-electron chi connectivity index (χ3n) is 3.21. The largest absolute Gasteiger partial charge is 0.478 e. The Kier molecular flexibility index (Phi) is 4.56. The summed E-state index contributed by atoms with van der Waals surface area (Å²) in [6, 6.07) is 8.00. The Morgan fingerprint density at radius 2 is 1.90 bits per heavy atom. The number of aromatic carboxylic acids is 1. The first-order chi connectivity index (χ1) is 9.65. The minimum absolute atomic E-state index is 0.265. The van der Waals surface area contributed by atoms with Crippen molar-refractivity contribution in [1.82, 2.24) is 9.78 Å². The first-order valence-electron chi connectivity index (χ1n) is 7.05. The van der Waals surface area contributed by atoms with E-state index in [1.807, 2.05) is 31.2 Å². The van der Waals surface area contributed by atoms with E-state index in [2.05, 4.69) is 12.0 Å².